The molecule has 6 nitrogen and oxygen atoms in total. The molecule has 0 radical (unpaired) electrons. The van der Waals surface area contributed by atoms with Crippen molar-refractivity contribution in [3.8, 4) is 0 Å². The van der Waals surface area contributed by atoms with E-state index in [1.807, 2.05) is 19.4 Å². The van der Waals surface area contributed by atoms with Crippen LogP contribution in [0.4, 0.5) is 5.82 Å². The summed E-state index contributed by atoms with van der Waals surface area (Å²) >= 11 is 0. The second-order valence-corrected chi connectivity index (χ2v) is 2.82. The zero-order valence-corrected chi connectivity index (χ0v) is 7.25. The fourth-order valence-corrected chi connectivity index (χ4v) is 1.10. The van der Waals surface area contributed by atoms with E-state index in [2.05, 4.69) is 15.4 Å². The van der Waals surface area contributed by atoms with Crippen LogP contribution in [-0.4, -0.2) is 24.8 Å². The number of aromatic nitrogens is 5. The van der Waals surface area contributed by atoms with Gasteiger partial charge < -0.3 is 5.73 Å². The molecule has 13 heavy (non-hydrogen) atoms. The van der Waals surface area contributed by atoms with E-state index in [0.29, 0.717) is 12.4 Å². The summed E-state index contributed by atoms with van der Waals surface area (Å²) in [4.78, 5) is 0. The molecule has 0 unspecified atom stereocenters. The van der Waals surface area contributed by atoms with Gasteiger partial charge in [0.25, 0.3) is 0 Å². The van der Waals surface area contributed by atoms with Crippen molar-refractivity contribution in [2.45, 2.75) is 6.54 Å². The first-order chi connectivity index (χ1) is 6.24. The topological polar surface area (TPSA) is 74.5 Å². The largest absolute Gasteiger partial charge is 0.382 e. The maximum atomic E-state index is 5.46. The Balaban J connectivity index is 2.14. The molecule has 2 aromatic heterocycles. The summed E-state index contributed by atoms with van der Waals surface area (Å²) in [6, 6.07) is 1.75. The highest BCUT2D eigenvalue weighted by molar-refractivity contribution is 5.23. The molecule has 0 spiro atoms. The van der Waals surface area contributed by atoms with Gasteiger partial charge in [-0.2, -0.15) is 5.10 Å². The Bertz CT molecular complexity index is 362. The van der Waals surface area contributed by atoms with Crippen LogP contribution in [0.2, 0.25) is 0 Å². The fraction of sp³-hybridized carbons (Fsp3) is 0.286. The minimum Gasteiger partial charge on any atom is -0.382 e. The molecule has 0 atom stereocenters. The maximum Gasteiger partial charge on any atom is 0.145 e. The van der Waals surface area contributed by atoms with Crippen molar-refractivity contribution in [3.05, 3.63) is 24.2 Å². The number of nitrogens with zero attached hydrogens (tertiary/aromatic N) is 5. The number of nitrogens with two attached hydrogens (primary N) is 1. The van der Waals surface area contributed by atoms with Crippen molar-refractivity contribution in [2.75, 3.05) is 5.73 Å². The van der Waals surface area contributed by atoms with E-state index in [9.17, 15) is 0 Å². The first-order valence-corrected chi connectivity index (χ1v) is 3.88. The van der Waals surface area contributed by atoms with Gasteiger partial charge in [0, 0.05) is 19.4 Å². The summed E-state index contributed by atoms with van der Waals surface area (Å²) in [5.74, 6) is 0.517. The molecule has 0 amide bonds. The fourth-order valence-electron chi connectivity index (χ4n) is 1.10. The molecule has 0 aliphatic rings. The van der Waals surface area contributed by atoms with E-state index in [1.54, 1.807) is 15.4 Å². The van der Waals surface area contributed by atoms with E-state index in [0.717, 1.165) is 5.69 Å². The quantitative estimate of drug-likeness (QED) is 0.681. The third-order valence-corrected chi connectivity index (χ3v) is 1.64. The van der Waals surface area contributed by atoms with Crippen molar-refractivity contribution in [2.24, 2.45) is 7.05 Å². The second-order valence-electron chi connectivity index (χ2n) is 2.82. The van der Waals surface area contributed by atoms with Crippen LogP contribution in [0.5, 0.6) is 0 Å². The lowest BCUT2D eigenvalue weighted by Gasteiger charge is -1.94. The molecule has 6 heteroatoms. The van der Waals surface area contributed by atoms with Crippen molar-refractivity contribution < 1.29 is 0 Å². The van der Waals surface area contributed by atoms with Gasteiger partial charge in [-0.1, -0.05) is 5.21 Å². The average Bonchev–Trinajstić information content (AvgIpc) is 2.62. The Kier molecular flexibility index (Phi) is 1.73. The standard InChI is InChI=1S/C7H10N6/c1-12-4-6(9-11-12)5-13-3-2-7(8)10-13/h2-4H,5H2,1H3,(H2,8,10). The lowest BCUT2D eigenvalue weighted by molar-refractivity contribution is 0.670. The molecule has 0 aromatic carbocycles. The van der Waals surface area contributed by atoms with E-state index < -0.39 is 0 Å². The summed E-state index contributed by atoms with van der Waals surface area (Å²) in [6.45, 7) is 0.602. The van der Waals surface area contributed by atoms with Crippen LogP contribution in [0.3, 0.4) is 0 Å². The van der Waals surface area contributed by atoms with Gasteiger partial charge in [0.05, 0.1) is 6.54 Å². The van der Waals surface area contributed by atoms with Gasteiger partial charge in [-0.15, -0.1) is 5.10 Å². The molecule has 0 saturated heterocycles. The molecular formula is C7H10N6. The second kappa shape index (κ2) is 2.89. The van der Waals surface area contributed by atoms with Crippen LogP contribution in [-0.2, 0) is 13.6 Å². The van der Waals surface area contributed by atoms with E-state index in [1.165, 1.54) is 0 Å². The first-order valence-electron chi connectivity index (χ1n) is 3.88. The molecule has 0 bridgehead atoms. The van der Waals surface area contributed by atoms with Gasteiger partial charge in [0.2, 0.25) is 0 Å². The monoisotopic (exact) mass is 178 g/mol. The first kappa shape index (κ1) is 7.78. The van der Waals surface area contributed by atoms with Crippen LogP contribution in [0.15, 0.2) is 18.5 Å². The molecule has 0 aliphatic carbocycles. The number of aryl methyl sites for hydroxylation is 1. The minimum absolute atomic E-state index is 0.517. The smallest absolute Gasteiger partial charge is 0.145 e. The lowest BCUT2D eigenvalue weighted by Crippen LogP contribution is -2.01. The Labute approximate surface area is 75.0 Å². The molecule has 2 heterocycles. The van der Waals surface area contributed by atoms with Crippen molar-refractivity contribution in [3.63, 3.8) is 0 Å². The molecule has 0 fully saturated rings. The highest BCUT2D eigenvalue weighted by Gasteiger charge is 2.00. The van der Waals surface area contributed by atoms with Crippen LogP contribution in [0, 0.1) is 0 Å². The van der Waals surface area contributed by atoms with Crippen molar-refractivity contribution >= 4 is 5.82 Å². The van der Waals surface area contributed by atoms with Crippen molar-refractivity contribution in [1.29, 1.82) is 0 Å². The van der Waals surface area contributed by atoms with Gasteiger partial charge in [-0.25, -0.2) is 0 Å². The van der Waals surface area contributed by atoms with Crippen LogP contribution in [0.1, 0.15) is 5.69 Å². The van der Waals surface area contributed by atoms with E-state index in [4.69, 9.17) is 5.73 Å². The van der Waals surface area contributed by atoms with E-state index in [-0.39, 0.29) is 0 Å². The van der Waals surface area contributed by atoms with Crippen LogP contribution >= 0.6 is 0 Å². The van der Waals surface area contributed by atoms with Crippen LogP contribution < -0.4 is 5.73 Å². The highest BCUT2D eigenvalue weighted by atomic mass is 15.4. The van der Waals surface area contributed by atoms with Gasteiger partial charge in [0.1, 0.15) is 11.5 Å². The predicted molar refractivity (Wildman–Crippen MR) is 46.7 cm³/mol. The molecule has 68 valence electrons. The summed E-state index contributed by atoms with van der Waals surface area (Å²) < 4.78 is 3.38. The van der Waals surface area contributed by atoms with Gasteiger partial charge in [0.15, 0.2) is 0 Å². The Morgan fingerprint density at radius 2 is 2.38 bits per heavy atom. The highest BCUT2D eigenvalue weighted by Crippen LogP contribution is 1.99. The van der Waals surface area contributed by atoms with E-state index >= 15 is 0 Å². The van der Waals surface area contributed by atoms with Crippen molar-refractivity contribution in [1.82, 2.24) is 24.8 Å². The third kappa shape index (κ3) is 1.66. The predicted octanol–water partition coefficient (Wildman–Crippen LogP) is -0.358. The molecular weight excluding hydrogens is 168 g/mol. The summed E-state index contributed by atoms with van der Waals surface area (Å²) in [5, 5.41) is 11.8. The summed E-state index contributed by atoms with van der Waals surface area (Å²) in [6.07, 6.45) is 3.65. The zero-order valence-electron chi connectivity index (χ0n) is 7.25. The summed E-state index contributed by atoms with van der Waals surface area (Å²) in [7, 11) is 1.83. The van der Waals surface area contributed by atoms with Gasteiger partial charge in [-0.3, -0.25) is 9.36 Å². The Hall–Kier alpha value is -1.85. The summed E-state index contributed by atoms with van der Waals surface area (Å²) in [5.41, 5.74) is 6.33. The molecule has 2 rings (SSSR count). The lowest BCUT2D eigenvalue weighted by atomic mass is 10.5. The van der Waals surface area contributed by atoms with Gasteiger partial charge >= 0.3 is 0 Å². The molecule has 2 aromatic rings. The van der Waals surface area contributed by atoms with Gasteiger partial charge in [-0.05, 0) is 6.07 Å². The molecule has 0 saturated carbocycles. The Morgan fingerprint density at radius 3 is 2.92 bits per heavy atom. The number of hydrogen-bond acceptors (Lipinski definition) is 4. The minimum atomic E-state index is 0.517. The maximum absolute atomic E-state index is 5.46. The number of hydrogen-bond donors (Lipinski definition) is 1. The number of rotatable bonds is 2. The molecule has 0 aliphatic heterocycles. The third-order valence-electron chi connectivity index (χ3n) is 1.64. The average molecular weight is 178 g/mol. The number of anilines is 1. The Morgan fingerprint density at radius 1 is 1.54 bits per heavy atom. The normalized spacial score (nSPS) is 10.5. The molecule has 2 N–H and O–H groups in total. The zero-order chi connectivity index (χ0) is 9.26. The number of nitrogen functional groups attached to an aromatic ring is 1. The van der Waals surface area contributed by atoms with Crippen LogP contribution in [0.25, 0.3) is 0 Å². The SMILES string of the molecule is Cn1cc(Cn2ccc(N)n2)nn1.